The molecule has 0 radical (unpaired) electrons. The van der Waals surface area contributed by atoms with Crippen LogP contribution in [-0.4, -0.2) is 36.3 Å². The van der Waals surface area contributed by atoms with Gasteiger partial charge in [0.05, 0.1) is 7.11 Å². The standard InChI is InChI=1S/C18H20F3N3OS/c1-5-24-12-15(10-11-16(24)22-2)26-23(3)17(18(19,20)21)13-6-8-14(25-4)9-7-13/h5-12,17H,1H2,2-4H3/t17-/m1/s1. The monoisotopic (exact) mass is 383 g/mol. The van der Waals surface area contributed by atoms with Gasteiger partial charge in [-0.15, -0.1) is 0 Å². The van der Waals surface area contributed by atoms with Crippen molar-refractivity contribution in [3.63, 3.8) is 0 Å². The summed E-state index contributed by atoms with van der Waals surface area (Å²) in [4.78, 5) is 4.72. The van der Waals surface area contributed by atoms with Gasteiger partial charge >= 0.3 is 6.18 Å². The number of halogens is 3. The van der Waals surface area contributed by atoms with E-state index in [-0.39, 0.29) is 5.56 Å². The van der Waals surface area contributed by atoms with E-state index in [2.05, 4.69) is 11.6 Å². The van der Waals surface area contributed by atoms with Crippen molar-refractivity contribution in [3.05, 3.63) is 60.2 Å². The maximum atomic E-state index is 13.7. The zero-order chi connectivity index (χ0) is 19.3. The normalized spacial score (nSPS) is 13.7. The summed E-state index contributed by atoms with van der Waals surface area (Å²) in [6, 6.07) is 7.60. The van der Waals surface area contributed by atoms with Crippen molar-refractivity contribution in [2.24, 2.45) is 4.99 Å². The molecular weight excluding hydrogens is 363 g/mol. The molecule has 2 aromatic rings. The fourth-order valence-corrected chi connectivity index (χ4v) is 3.46. The highest BCUT2D eigenvalue weighted by Gasteiger charge is 2.44. The van der Waals surface area contributed by atoms with Crippen molar-refractivity contribution >= 4 is 18.1 Å². The summed E-state index contributed by atoms with van der Waals surface area (Å²) in [6.07, 6.45) is -1.18. The highest BCUT2D eigenvalue weighted by molar-refractivity contribution is 7.97. The zero-order valence-electron chi connectivity index (χ0n) is 14.7. The molecule has 0 aliphatic heterocycles. The molecule has 4 nitrogen and oxygen atoms in total. The third kappa shape index (κ3) is 4.70. The summed E-state index contributed by atoms with van der Waals surface area (Å²) < 4.78 is 48.9. The minimum Gasteiger partial charge on any atom is -0.497 e. The Kier molecular flexibility index (Phi) is 6.55. The van der Waals surface area contributed by atoms with Crippen molar-refractivity contribution in [1.82, 2.24) is 8.87 Å². The first-order chi connectivity index (χ1) is 12.3. The number of alkyl halides is 3. The Labute approximate surface area is 154 Å². The summed E-state index contributed by atoms with van der Waals surface area (Å²) in [7, 11) is 4.53. The molecular formula is C18H20F3N3OS. The highest BCUT2D eigenvalue weighted by Crippen LogP contribution is 2.41. The van der Waals surface area contributed by atoms with Crippen LogP contribution in [0.5, 0.6) is 5.75 Å². The minimum atomic E-state index is -4.43. The molecule has 0 aliphatic carbocycles. The fraction of sp³-hybridized carbons (Fsp3) is 0.278. The van der Waals surface area contributed by atoms with Gasteiger partial charge in [0.1, 0.15) is 17.3 Å². The fourth-order valence-electron chi connectivity index (χ4n) is 2.49. The number of ether oxygens (including phenoxy) is 1. The summed E-state index contributed by atoms with van der Waals surface area (Å²) in [6.45, 7) is 3.69. The van der Waals surface area contributed by atoms with Gasteiger partial charge < -0.3 is 9.30 Å². The van der Waals surface area contributed by atoms with Crippen LogP contribution >= 0.6 is 11.9 Å². The van der Waals surface area contributed by atoms with Gasteiger partial charge in [0.25, 0.3) is 0 Å². The number of methoxy groups -OCH3 is 1. The number of aromatic nitrogens is 1. The van der Waals surface area contributed by atoms with Crippen LogP contribution in [0.3, 0.4) is 0 Å². The van der Waals surface area contributed by atoms with Crippen molar-refractivity contribution in [2.75, 3.05) is 21.2 Å². The summed E-state index contributed by atoms with van der Waals surface area (Å²) in [5.41, 5.74) is 0.805. The smallest absolute Gasteiger partial charge is 0.408 e. The van der Waals surface area contributed by atoms with Gasteiger partial charge in [-0.05, 0) is 48.8 Å². The first-order valence-electron chi connectivity index (χ1n) is 7.69. The van der Waals surface area contributed by atoms with E-state index in [0.717, 1.165) is 11.9 Å². The number of rotatable bonds is 6. The van der Waals surface area contributed by atoms with Crippen LogP contribution in [0.15, 0.2) is 59.1 Å². The minimum absolute atomic E-state index is 0.144. The first-order valence-corrected chi connectivity index (χ1v) is 8.46. The molecule has 26 heavy (non-hydrogen) atoms. The van der Waals surface area contributed by atoms with Crippen LogP contribution in [0.4, 0.5) is 13.2 Å². The predicted octanol–water partition coefficient (Wildman–Crippen LogP) is 4.37. The van der Waals surface area contributed by atoms with Gasteiger partial charge in [-0.3, -0.25) is 4.99 Å². The molecule has 2 rings (SSSR count). The molecule has 8 heteroatoms. The third-order valence-corrected chi connectivity index (χ3v) is 4.66. The number of nitrogens with zero attached hydrogens (tertiary/aromatic N) is 3. The lowest BCUT2D eigenvalue weighted by atomic mass is 10.1. The molecule has 1 atom stereocenters. The second kappa shape index (κ2) is 8.46. The summed E-state index contributed by atoms with van der Waals surface area (Å²) >= 11 is 1.00. The molecule has 0 N–H and O–H groups in total. The van der Waals surface area contributed by atoms with E-state index >= 15 is 0 Å². The average Bonchev–Trinajstić information content (AvgIpc) is 2.61. The predicted molar refractivity (Wildman–Crippen MR) is 97.7 cm³/mol. The number of hydrogen-bond acceptors (Lipinski definition) is 4. The lowest BCUT2D eigenvalue weighted by molar-refractivity contribution is -0.169. The van der Waals surface area contributed by atoms with Gasteiger partial charge in [-0.1, -0.05) is 18.7 Å². The van der Waals surface area contributed by atoms with Gasteiger partial charge in [-0.2, -0.15) is 13.2 Å². The second-order valence-electron chi connectivity index (χ2n) is 5.39. The van der Waals surface area contributed by atoms with Gasteiger partial charge in [0.2, 0.25) is 0 Å². The molecule has 0 saturated heterocycles. The van der Waals surface area contributed by atoms with Crippen molar-refractivity contribution in [2.45, 2.75) is 17.1 Å². The molecule has 0 unspecified atom stereocenters. The quantitative estimate of drug-likeness (QED) is 0.694. The Morgan fingerprint density at radius 3 is 2.38 bits per heavy atom. The van der Waals surface area contributed by atoms with Gasteiger partial charge in [0.15, 0.2) is 0 Å². The Balaban J connectivity index is 2.32. The maximum absolute atomic E-state index is 13.7. The Bertz CT molecular complexity index is 816. The molecule has 0 aliphatic rings. The molecule has 1 heterocycles. The van der Waals surface area contributed by atoms with Crippen LogP contribution in [0, 0.1) is 0 Å². The van der Waals surface area contributed by atoms with Crippen LogP contribution < -0.4 is 10.2 Å². The SMILES string of the molecule is C=Cn1cc(SN(C)[C@H](c2ccc(OC)cc2)C(F)(F)F)ccc1=NC. The Morgan fingerprint density at radius 2 is 1.88 bits per heavy atom. The van der Waals surface area contributed by atoms with Crippen LogP contribution in [0.25, 0.3) is 6.20 Å². The largest absolute Gasteiger partial charge is 0.497 e. The topological polar surface area (TPSA) is 29.8 Å². The van der Waals surface area contributed by atoms with E-state index in [1.165, 1.54) is 42.7 Å². The summed E-state index contributed by atoms with van der Waals surface area (Å²) in [5, 5.41) is 0. The number of benzene rings is 1. The molecule has 0 spiro atoms. The molecule has 1 aromatic carbocycles. The molecule has 0 fully saturated rings. The number of hydrogen-bond donors (Lipinski definition) is 0. The Morgan fingerprint density at radius 1 is 1.23 bits per heavy atom. The highest BCUT2D eigenvalue weighted by atomic mass is 32.2. The summed E-state index contributed by atoms with van der Waals surface area (Å²) in [5.74, 6) is 0.510. The van der Waals surface area contributed by atoms with Crippen molar-refractivity contribution in [3.8, 4) is 5.75 Å². The van der Waals surface area contributed by atoms with Crippen LogP contribution in [0.2, 0.25) is 0 Å². The average molecular weight is 383 g/mol. The molecule has 1 aromatic heterocycles. The van der Waals surface area contributed by atoms with Crippen molar-refractivity contribution in [1.29, 1.82) is 0 Å². The van der Waals surface area contributed by atoms with E-state index in [9.17, 15) is 13.2 Å². The van der Waals surface area contributed by atoms with E-state index in [1.807, 2.05) is 0 Å². The van der Waals surface area contributed by atoms with Gasteiger partial charge in [-0.25, -0.2) is 4.31 Å². The molecule has 0 bridgehead atoms. The van der Waals surface area contributed by atoms with Crippen LogP contribution in [-0.2, 0) is 0 Å². The van der Waals surface area contributed by atoms with E-state index < -0.39 is 12.2 Å². The Hall–Kier alpha value is -2.19. The number of pyridine rings is 1. The van der Waals surface area contributed by atoms with E-state index in [0.29, 0.717) is 16.1 Å². The second-order valence-corrected chi connectivity index (χ2v) is 6.62. The van der Waals surface area contributed by atoms with E-state index in [1.54, 1.807) is 36.1 Å². The first kappa shape index (κ1) is 20.1. The molecule has 0 saturated carbocycles. The molecule has 140 valence electrons. The third-order valence-electron chi connectivity index (χ3n) is 3.71. The molecule has 0 amide bonds. The van der Waals surface area contributed by atoms with Gasteiger partial charge in [0, 0.05) is 24.3 Å². The lowest BCUT2D eigenvalue weighted by Gasteiger charge is -2.29. The maximum Gasteiger partial charge on any atom is 0.408 e. The van der Waals surface area contributed by atoms with Crippen molar-refractivity contribution < 1.29 is 17.9 Å². The zero-order valence-corrected chi connectivity index (χ0v) is 15.5. The van der Waals surface area contributed by atoms with Crippen LogP contribution in [0.1, 0.15) is 11.6 Å². The lowest BCUT2D eigenvalue weighted by Crippen LogP contribution is -2.32. The van der Waals surface area contributed by atoms with E-state index in [4.69, 9.17) is 4.74 Å².